The molecule has 6 heteroatoms. The molecule has 0 spiro atoms. The largest absolute Gasteiger partial charge is 0.343 e. The molecular formula is C22H22N4O2. The topological polar surface area (TPSA) is 76.0 Å². The van der Waals surface area contributed by atoms with Gasteiger partial charge in [0.1, 0.15) is 0 Å². The van der Waals surface area contributed by atoms with Crippen LogP contribution in [0.4, 0.5) is 5.69 Å². The van der Waals surface area contributed by atoms with Crippen LogP contribution in [-0.2, 0) is 9.59 Å². The summed E-state index contributed by atoms with van der Waals surface area (Å²) in [5.41, 5.74) is 4.80. The highest BCUT2D eigenvalue weighted by molar-refractivity contribution is 5.98. The number of aryl methyl sites for hydroxylation is 2. The lowest BCUT2D eigenvalue weighted by atomic mass is 10.1. The lowest BCUT2D eigenvalue weighted by molar-refractivity contribution is -0.121. The molecule has 0 radical (unpaired) electrons. The van der Waals surface area contributed by atoms with Crippen molar-refractivity contribution in [1.82, 2.24) is 15.1 Å². The minimum absolute atomic E-state index is 0.100. The number of nitrogens with one attached hydrogen (secondary N) is 2. The number of carbonyl (C=O) groups is 2. The number of anilines is 1. The zero-order chi connectivity index (χ0) is 19.9. The second-order valence-electron chi connectivity index (χ2n) is 6.46. The number of nitrogens with zero attached hydrogens (tertiary/aromatic N) is 2. The predicted molar refractivity (Wildman–Crippen MR) is 110 cm³/mol. The Morgan fingerprint density at radius 1 is 1.11 bits per heavy atom. The van der Waals surface area contributed by atoms with Crippen LogP contribution >= 0.6 is 0 Å². The van der Waals surface area contributed by atoms with E-state index in [4.69, 9.17) is 0 Å². The summed E-state index contributed by atoms with van der Waals surface area (Å²) in [5.74, 6) is -0.607. The zero-order valence-corrected chi connectivity index (χ0v) is 15.8. The number of hydrogen-bond acceptors (Lipinski definition) is 3. The number of rotatable bonds is 6. The normalized spacial score (nSPS) is 10.8. The van der Waals surface area contributed by atoms with E-state index < -0.39 is 0 Å². The van der Waals surface area contributed by atoms with Crippen molar-refractivity contribution in [1.29, 1.82) is 0 Å². The molecule has 2 amide bonds. The second-order valence-corrected chi connectivity index (χ2v) is 6.46. The molecule has 2 aromatic carbocycles. The first kappa shape index (κ1) is 19.1. The van der Waals surface area contributed by atoms with Gasteiger partial charge < -0.3 is 10.6 Å². The van der Waals surface area contributed by atoms with Crippen molar-refractivity contribution in [2.75, 3.05) is 11.9 Å². The van der Waals surface area contributed by atoms with E-state index in [-0.39, 0.29) is 18.4 Å². The Labute approximate surface area is 163 Å². The van der Waals surface area contributed by atoms with Crippen molar-refractivity contribution in [3.8, 4) is 5.69 Å². The van der Waals surface area contributed by atoms with E-state index in [1.165, 1.54) is 11.6 Å². The molecule has 0 fully saturated rings. The molecule has 0 atom stereocenters. The molecule has 6 nitrogen and oxygen atoms in total. The number of carbonyl (C=O) groups excluding carboxylic acids is 2. The highest BCUT2D eigenvalue weighted by atomic mass is 16.2. The quantitative estimate of drug-likeness (QED) is 0.650. The van der Waals surface area contributed by atoms with Gasteiger partial charge in [-0.05, 0) is 61.4 Å². The Kier molecular flexibility index (Phi) is 6.01. The van der Waals surface area contributed by atoms with Crippen LogP contribution in [0.25, 0.3) is 11.8 Å². The van der Waals surface area contributed by atoms with E-state index in [0.717, 1.165) is 16.8 Å². The average Bonchev–Trinajstić information content (AvgIpc) is 3.21. The van der Waals surface area contributed by atoms with Crippen LogP contribution in [0.5, 0.6) is 0 Å². The van der Waals surface area contributed by atoms with Gasteiger partial charge in [0.05, 0.1) is 12.2 Å². The Morgan fingerprint density at radius 2 is 1.89 bits per heavy atom. The molecule has 0 saturated heterocycles. The summed E-state index contributed by atoms with van der Waals surface area (Å²) in [6.45, 7) is 3.92. The van der Waals surface area contributed by atoms with Crippen LogP contribution in [0, 0.1) is 13.8 Å². The summed E-state index contributed by atoms with van der Waals surface area (Å²) in [5, 5.41) is 9.49. The number of hydrogen-bond donors (Lipinski definition) is 2. The molecule has 0 aliphatic carbocycles. The van der Waals surface area contributed by atoms with Crippen LogP contribution in [0.1, 0.15) is 16.7 Å². The Balaban J connectivity index is 1.48. The fourth-order valence-electron chi connectivity index (χ4n) is 2.73. The maximum Gasteiger partial charge on any atom is 0.244 e. The van der Waals surface area contributed by atoms with E-state index >= 15 is 0 Å². The maximum atomic E-state index is 12.0. The standard InChI is InChI=1S/C22H22N4O2/c1-16-4-5-18(17(2)14-16)6-11-21(27)23-15-22(28)25-19-7-9-20(10-8-19)26-13-3-12-24-26/h3-14H,15H2,1-2H3,(H,23,27)(H,25,28)/b11-6+. The minimum Gasteiger partial charge on any atom is -0.343 e. The Morgan fingerprint density at radius 3 is 2.57 bits per heavy atom. The number of aromatic nitrogens is 2. The summed E-state index contributed by atoms with van der Waals surface area (Å²) >= 11 is 0. The molecule has 0 aliphatic heterocycles. The molecule has 3 aromatic rings. The summed E-state index contributed by atoms with van der Waals surface area (Å²) < 4.78 is 1.73. The van der Waals surface area contributed by atoms with Crippen molar-refractivity contribution in [2.45, 2.75) is 13.8 Å². The molecule has 0 unspecified atom stereocenters. The predicted octanol–water partition coefficient (Wildman–Crippen LogP) is 3.26. The molecule has 3 rings (SSSR count). The van der Waals surface area contributed by atoms with Gasteiger partial charge in [-0.15, -0.1) is 0 Å². The lowest BCUT2D eigenvalue weighted by Crippen LogP contribution is -2.31. The van der Waals surface area contributed by atoms with E-state index in [1.54, 1.807) is 29.1 Å². The number of amides is 2. The van der Waals surface area contributed by atoms with Gasteiger partial charge in [-0.1, -0.05) is 23.8 Å². The third kappa shape index (κ3) is 5.17. The molecule has 1 heterocycles. The van der Waals surface area contributed by atoms with Crippen molar-refractivity contribution in [2.24, 2.45) is 0 Å². The van der Waals surface area contributed by atoms with Crippen molar-refractivity contribution in [3.05, 3.63) is 83.7 Å². The SMILES string of the molecule is Cc1ccc(/C=C/C(=O)NCC(=O)Nc2ccc(-n3cccn3)cc2)c(C)c1. The van der Waals surface area contributed by atoms with Gasteiger partial charge >= 0.3 is 0 Å². The zero-order valence-electron chi connectivity index (χ0n) is 15.8. The van der Waals surface area contributed by atoms with Gasteiger partial charge in [0, 0.05) is 24.2 Å². The molecule has 0 bridgehead atoms. The van der Waals surface area contributed by atoms with E-state index in [1.807, 2.05) is 50.4 Å². The fraction of sp³-hybridized carbons (Fsp3) is 0.136. The third-order valence-electron chi connectivity index (χ3n) is 4.18. The van der Waals surface area contributed by atoms with Gasteiger partial charge in [-0.2, -0.15) is 5.10 Å². The van der Waals surface area contributed by atoms with Gasteiger partial charge in [0.25, 0.3) is 0 Å². The average molecular weight is 374 g/mol. The summed E-state index contributed by atoms with van der Waals surface area (Å²) in [6, 6.07) is 15.1. The van der Waals surface area contributed by atoms with Crippen molar-refractivity contribution < 1.29 is 9.59 Å². The van der Waals surface area contributed by atoms with Gasteiger partial charge in [-0.25, -0.2) is 4.68 Å². The van der Waals surface area contributed by atoms with Gasteiger partial charge in [0.2, 0.25) is 11.8 Å². The van der Waals surface area contributed by atoms with Crippen molar-refractivity contribution in [3.63, 3.8) is 0 Å². The van der Waals surface area contributed by atoms with Crippen LogP contribution in [0.15, 0.2) is 67.0 Å². The molecule has 1 aromatic heterocycles. The highest BCUT2D eigenvalue weighted by Crippen LogP contribution is 2.13. The van der Waals surface area contributed by atoms with E-state index in [0.29, 0.717) is 5.69 Å². The Hall–Kier alpha value is -3.67. The third-order valence-corrected chi connectivity index (χ3v) is 4.18. The van der Waals surface area contributed by atoms with Gasteiger partial charge in [0.15, 0.2) is 0 Å². The lowest BCUT2D eigenvalue weighted by Gasteiger charge is -2.07. The molecular weight excluding hydrogens is 352 g/mol. The molecule has 2 N–H and O–H groups in total. The summed E-state index contributed by atoms with van der Waals surface area (Å²) in [4.78, 5) is 24.0. The highest BCUT2D eigenvalue weighted by Gasteiger charge is 2.05. The summed E-state index contributed by atoms with van der Waals surface area (Å²) in [7, 11) is 0. The maximum absolute atomic E-state index is 12.0. The summed E-state index contributed by atoms with van der Waals surface area (Å²) in [6.07, 6.45) is 6.72. The molecule has 142 valence electrons. The molecule has 0 aliphatic rings. The first-order valence-corrected chi connectivity index (χ1v) is 8.94. The van der Waals surface area contributed by atoms with E-state index in [2.05, 4.69) is 21.8 Å². The van der Waals surface area contributed by atoms with E-state index in [9.17, 15) is 9.59 Å². The van der Waals surface area contributed by atoms with Crippen LogP contribution < -0.4 is 10.6 Å². The smallest absolute Gasteiger partial charge is 0.244 e. The number of benzene rings is 2. The monoisotopic (exact) mass is 374 g/mol. The Bertz CT molecular complexity index is 990. The van der Waals surface area contributed by atoms with Crippen molar-refractivity contribution >= 4 is 23.6 Å². The molecule has 28 heavy (non-hydrogen) atoms. The fourth-order valence-corrected chi connectivity index (χ4v) is 2.73. The van der Waals surface area contributed by atoms with Crippen LogP contribution in [0.3, 0.4) is 0 Å². The van der Waals surface area contributed by atoms with Crippen LogP contribution in [-0.4, -0.2) is 28.1 Å². The minimum atomic E-state index is -0.316. The molecule has 0 saturated carbocycles. The first-order chi connectivity index (χ1) is 13.5. The van der Waals surface area contributed by atoms with Gasteiger partial charge in [-0.3, -0.25) is 9.59 Å². The van der Waals surface area contributed by atoms with Crippen LogP contribution in [0.2, 0.25) is 0 Å². The second kappa shape index (κ2) is 8.81. The first-order valence-electron chi connectivity index (χ1n) is 8.94.